The minimum Gasteiger partial charge on any atom is -0.508 e. The highest BCUT2D eigenvalue weighted by Crippen LogP contribution is 2.38. The average molecular weight is 389 g/mol. The summed E-state index contributed by atoms with van der Waals surface area (Å²) in [6.07, 6.45) is 0. The highest BCUT2D eigenvalue weighted by atomic mass is 16.5. The van der Waals surface area contributed by atoms with Crippen LogP contribution in [-0.4, -0.2) is 33.0 Å². The summed E-state index contributed by atoms with van der Waals surface area (Å²) >= 11 is 0. The van der Waals surface area contributed by atoms with Gasteiger partial charge in [-0.1, -0.05) is 24.3 Å². The molecule has 3 aromatic carbocycles. The summed E-state index contributed by atoms with van der Waals surface area (Å²) in [7, 11) is 1.58. The molecule has 4 aromatic rings. The van der Waals surface area contributed by atoms with Crippen molar-refractivity contribution in [3.8, 4) is 28.4 Å². The lowest BCUT2D eigenvalue weighted by Gasteiger charge is -2.11. The van der Waals surface area contributed by atoms with E-state index < -0.39 is 5.97 Å². The molecular formula is C23H19NO5. The predicted octanol–water partition coefficient (Wildman–Crippen LogP) is 4.47. The molecule has 4 rings (SSSR count). The van der Waals surface area contributed by atoms with E-state index in [-0.39, 0.29) is 17.2 Å². The van der Waals surface area contributed by atoms with Gasteiger partial charge in [0, 0.05) is 23.0 Å². The van der Waals surface area contributed by atoms with E-state index in [0.717, 1.165) is 5.56 Å². The zero-order valence-electron chi connectivity index (χ0n) is 15.7. The minimum atomic E-state index is -1.10. The van der Waals surface area contributed by atoms with Gasteiger partial charge in [0.25, 0.3) is 0 Å². The molecule has 0 amide bonds. The van der Waals surface area contributed by atoms with Crippen molar-refractivity contribution in [2.45, 2.75) is 6.54 Å². The van der Waals surface area contributed by atoms with Gasteiger partial charge in [-0.3, -0.25) is 0 Å². The van der Waals surface area contributed by atoms with E-state index in [1.807, 2.05) is 24.3 Å². The van der Waals surface area contributed by atoms with Crippen LogP contribution >= 0.6 is 0 Å². The fourth-order valence-corrected chi connectivity index (χ4v) is 3.64. The lowest BCUT2D eigenvalue weighted by molar-refractivity contribution is 0.0687. The molecule has 0 unspecified atom stereocenters. The number of aromatic carboxylic acids is 1. The first-order chi connectivity index (χ1) is 14.0. The molecule has 0 aliphatic rings. The smallest absolute Gasteiger partial charge is 0.353 e. The second-order valence-electron chi connectivity index (χ2n) is 6.72. The van der Waals surface area contributed by atoms with Gasteiger partial charge >= 0.3 is 5.97 Å². The minimum absolute atomic E-state index is 0.0349. The number of rotatable bonds is 5. The number of phenolic OH excluding ortho intramolecular Hbond substituents is 2. The number of ether oxygens (including phenoxy) is 1. The molecule has 0 radical (unpaired) electrons. The maximum atomic E-state index is 12.3. The van der Waals surface area contributed by atoms with Crippen LogP contribution in [0, 0.1) is 0 Å². The number of fused-ring (bicyclic) bond motifs is 1. The standard InChI is InChI=1S/C23H19NO5/c1-29-18-7-2-4-14(10-18)13-24-20-9-8-17(26)12-19(20)21(22(24)23(27)28)15-5-3-6-16(25)11-15/h2-12,25-26H,13H2,1H3,(H,27,28). The number of methoxy groups -OCH3 is 1. The van der Waals surface area contributed by atoms with E-state index in [1.54, 1.807) is 35.9 Å². The third-order valence-corrected chi connectivity index (χ3v) is 4.86. The third kappa shape index (κ3) is 3.36. The monoisotopic (exact) mass is 389 g/mol. The number of hydrogen-bond acceptors (Lipinski definition) is 4. The molecule has 0 fully saturated rings. The Labute approximate surface area is 166 Å². The van der Waals surface area contributed by atoms with E-state index in [0.29, 0.717) is 34.3 Å². The van der Waals surface area contributed by atoms with Crippen molar-refractivity contribution >= 4 is 16.9 Å². The first kappa shape index (κ1) is 18.4. The number of hydrogen-bond donors (Lipinski definition) is 3. The van der Waals surface area contributed by atoms with Gasteiger partial charge < -0.3 is 24.6 Å². The first-order valence-corrected chi connectivity index (χ1v) is 8.99. The number of carbonyl (C=O) groups is 1. The Morgan fingerprint density at radius 1 is 0.966 bits per heavy atom. The second kappa shape index (κ2) is 7.24. The maximum absolute atomic E-state index is 12.3. The van der Waals surface area contributed by atoms with Crippen molar-refractivity contribution in [2.75, 3.05) is 7.11 Å². The molecule has 3 N–H and O–H groups in total. The van der Waals surface area contributed by atoms with Crippen molar-refractivity contribution in [2.24, 2.45) is 0 Å². The summed E-state index contributed by atoms with van der Waals surface area (Å²) in [5.74, 6) is -0.342. The number of carboxylic acids is 1. The first-order valence-electron chi connectivity index (χ1n) is 8.99. The number of carboxylic acid groups (broad SMARTS) is 1. The number of benzene rings is 3. The Balaban J connectivity index is 2.01. The fourth-order valence-electron chi connectivity index (χ4n) is 3.64. The van der Waals surface area contributed by atoms with E-state index in [1.165, 1.54) is 18.2 Å². The van der Waals surface area contributed by atoms with Crippen LogP contribution in [0.1, 0.15) is 16.1 Å². The molecular weight excluding hydrogens is 370 g/mol. The van der Waals surface area contributed by atoms with Gasteiger partial charge in [-0.2, -0.15) is 0 Å². The molecule has 0 spiro atoms. The molecule has 0 atom stereocenters. The van der Waals surface area contributed by atoms with Crippen LogP contribution in [-0.2, 0) is 6.54 Å². The normalized spacial score (nSPS) is 10.9. The fraction of sp³-hybridized carbons (Fsp3) is 0.0870. The zero-order valence-corrected chi connectivity index (χ0v) is 15.7. The number of phenols is 2. The van der Waals surface area contributed by atoms with Crippen molar-refractivity contribution in [1.82, 2.24) is 4.57 Å². The summed E-state index contributed by atoms with van der Waals surface area (Å²) in [6, 6.07) is 18.6. The lowest BCUT2D eigenvalue weighted by Crippen LogP contribution is -2.10. The predicted molar refractivity (Wildman–Crippen MR) is 110 cm³/mol. The van der Waals surface area contributed by atoms with Crippen LogP contribution in [0.3, 0.4) is 0 Å². The summed E-state index contributed by atoms with van der Waals surface area (Å²) < 4.78 is 6.97. The Kier molecular flexibility index (Phi) is 4.60. The summed E-state index contributed by atoms with van der Waals surface area (Å²) in [5.41, 5.74) is 2.63. The molecule has 0 saturated heterocycles. The maximum Gasteiger partial charge on any atom is 0.353 e. The van der Waals surface area contributed by atoms with Crippen molar-refractivity contribution < 1.29 is 24.9 Å². The molecule has 0 aliphatic carbocycles. The van der Waals surface area contributed by atoms with Crippen LogP contribution in [0.5, 0.6) is 17.2 Å². The van der Waals surface area contributed by atoms with Gasteiger partial charge in [-0.15, -0.1) is 0 Å². The topological polar surface area (TPSA) is 91.9 Å². The Bertz CT molecular complexity index is 1230. The van der Waals surface area contributed by atoms with Crippen LogP contribution in [0.2, 0.25) is 0 Å². The van der Waals surface area contributed by atoms with E-state index in [2.05, 4.69) is 0 Å². The molecule has 0 aliphatic heterocycles. The molecule has 1 aromatic heterocycles. The molecule has 1 heterocycles. The number of aromatic nitrogens is 1. The zero-order chi connectivity index (χ0) is 20.5. The Hall–Kier alpha value is -3.93. The van der Waals surface area contributed by atoms with Crippen LogP contribution in [0.4, 0.5) is 0 Å². The molecule has 29 heavy (non-hydrogen) atoms. The van der Waals surface area contributed by atoms with E-state index in [9.17, 15) is 20.1 Å². The highest BCUT2D eigenvalue weighted by molar-refractivity contribution is 6.08. The quantitative estimate of drug-likeness (QED) is 0.468. The van der Waals surface area contributed by atoms with Crippen molar-refractivity contribution in [1.29, 1.82) is 0 Å². The SMILES string of the molecule is COc1cccc(Cn2c(C(=O)O)c(-c3cccc(O)c3)c3cc(O)ccc32)c1. The van der Waals surface area contributed by atoms with Gasteiger partial charge in [0.05, 0.1) is 7.11 Å². The molecule has 146 valence electrons. The molecule has 0 bridgehead atoms. The average Bonchev–Trinajstić information content (AvgIpc) is 3.01. The van der Waals surface area contributed by atoms with Crippen molar-refractivity contribution in [3.05, 3.63) is 78.0 Å². The van der Waals surface area contributed by atoms with Gasteiger partial charge in [-0.05, 0) is 53.6 Å². The molecule has 6 nitrogen and oxygen atoms in total. The van der Waals surface area contributed by atoms with Gasteiger partial charge in [0.1, 0.15) is 22.9 Å². The highest BCUT2D eigenvalue weighted by Gasteiger charge is 2.24. The summed E-state index contributed by atoms with van der Waals surface area (Å²) in [4.78, 5) is 12.3. The van der Waals surface area contributed by atoms with Gasteiger partial charge in [0.15, 0.2) is 0 Å². The number of nitrogens with zero attached hydrogens (tertiary/aromatic N) is 1. The van der Waals surface area contributed by atoms with Crippen LogP contribution in [0.25, 0.3) is 22.0 Å². The van der Waals surface area contributed by atoms with E-state index >= 15 is 0 Å². The Morgan fingerprint density at radius 3 is 2.45 bits per heavy atom. The van der Waals surface area contributed by atoms with Crippen molar-refractivity contribution in [3.63, 3.8) is 0 Å². The van der Waals surface area contributed by atoms with Gasteiger partial charge in [0.2, 0.25) is 0 Å². The third-order valence-electron chi connectivity index (χ3n) is 4.86. The van der Waals surface area contributed by atoms with Gasteiger partial charge in [-0.25, -0.2) is 4.79 Å². The van der Waals surface area contributed by atoms with Crippen LogP contribution < -0.4 is 4.74 Å². The number of aromatic hydroxyl groups is 2. The molecule has 0 saturated carbocycles. The lowest BCUT2D eigenvalue weighted by atomic mass is 10.0. The van der Waals surface area contributed by atoms with Crippen LogP contribution in [0.15, 0.2) is 66.7 Å². The van der Waals surface area contributed by atoms with E-state index in [4.69, 9.17) is 4.74 Å². The largest absolute Gasteiger partial charge is 0.508 e. The molecule has 6 heteroatoms. The summed E-state index contributed by atoms with van der Waals surface area (Å²) in [5, 5.41) is 30.6. The summed E-state index contributed by atoms with van der Waals surface area (Å²) in [6.45, 7) is 0.304. The second-order valence-corrected chi connectivity index (χ2v) is 6.72. The Morgan fingerprint density at radius 2 is 1.72 bits per heavy atom.